The lowest BCUT2D eigenvalue weighted by atomic mass is 10.1. The van der Waals surface area contributed by atoms with Gasteiger partial charge in [0.1, 0.15) is 25.6 Å². The smallest absolute Gasteiger partial charge is 0.246 e. The van der Waals surface area contributed by atoms with Crippen LogP contribution >= 0.6 is 11.6 Å². The van der Waals surface area contributed by atoms with Crippen molar-refractivity contribution >= 4 is 23.6 Å². The van der Waals surface area contributed by atoms with E-state index in [1.807, 2.05) is 6.07 Å². The highest BCUT2D eigenvalue weighted by Crippen LogP contribution is 2.40. The van der Waals surface area contributed by atoms with E-state index in [1.54, 1.807) is 55.5 Å². The molecule has 148 valence electrons. The van der Waals surface area contributed by atoms with Crippen molar-refractivity contribution in [2.24, 2.45) is 0 Å². The Bertz CT molecular complexity index is 833. The second-order valence-electron chi connectivity index (χ2n) is 6.14. The highest BCUT2D eigenvalue weighted by atomic mass is 35.5. The summed E-state index contributed by atoms with van der Waals surface area (Å²) in [5.41, 5.74) is 0.792. The molecule has 1 heterocycles. The average Bonchev–Trinajstić information content (AvgIpc) is 2.72. The summed E-state index contributed by atoms with van der Waals surface area (Å²) >= 11 is 5.84. The number of nitrogens with zero attached hydrogens (tertiary/aromatic N) is 1. The van der Waals surface area contributed by atoms with Crippen LogP contribution in [-0.2, 0) is 4.79 Å². The molecular formula is C21H22ClNO5. The Morgan fingerprint density at radius 3 is 2.71 bits per heavy atom. The van der Waals surface area contributed by atoms with Gasteiger partial charge in [-0.25, -0.2) is 0 Å². The Morgan fingerprint density at radius 2 is 1.96 bits per heavy atom. The molecule has 0 saturated heterocycles. The molecule has 0 bridgehead atoms. The topological polar surface area (TPSA) is 57.2 Å². The molecule has 1 aliphatic heterocycles. The first-order valence-corrected chi connectivity index (χ1v) is 9.24. The SMILES string of the molecule is COc1cc(C=CC(=O)N(C)CCOc2ccc(Cl)cc2)cc2c1OCCO2. The van der Waals surface area contributed by atoms with E-state index in [0.29, 0.717) is 54.4 Å². The number of rotatable bonds is 7. The highest BCUT2D eigenvalue weighted by molar-refractivity contribution is 6.30. The molecule has 28 heavy (non-hydrogen) atoms. The molecule has 0 saturated carbocycles. The summed E-state index contributed by atoms with van der Waals surface area (Å²) < 4.78 is 22.1. The van der Waals surface area contributed by atoms with E-state index in [9.17, 15) is 4.79 Å². The highest BCUT2D eigenvalue weighted by Gasteiger charge is 2.18. The summed E-state index contributed by atoms with van der Waals surface area (Å²) in [5.74, 6) is 2.36. The first-order chi connectivity index (χ1) is 13.6. The second-order valence-corrected chi connectivity index (χ2v) is 6.58. The number of hydrogen-bond donors (Lipinski definition) is 0. The molecule has 2 aromatic carbocycles. The number of amides is 1. The van der Waals surface area contributed by atoms with Gasteiger partial charge in [0, 0.05) is 18.1 Å². The molecule has 0 unspecified atom stereocenters. The van der Waals surface area contributed by atoms with Crippen LogP contribution < -0.4 is 18.9 Å². The fourth-order valence-electron chi connectivity index (χ4n) is 2.63. The standard InChI is InChI=1S/C21H22ClNO5/c1-23(9-10-26-17-6-4-16(22)5-7-17)20(24)8-3-15-13-18(25-2)21-19(14-15)27-11-12-28-21/h3-8,13-14H,9-12H2,1-2H3. The molecule has 2 aromatic rings. The quantitative estimate of drug-likeness (QED) is 0.660. The summed E-state index contributed by atoms with van der Waals surface area (Å²) in [6, 6.07) is 10.7. The number of methoxy groups -OCH3 is 1. The number of hydrogen-bond acceptors (Lipinski definition) is 5. The van der Waals surface area contributed by atoms with E-state index in [-0.39, 0.29) is 5.91 Å². The second kappa shape index (κ2) is 9.37. The first kappa shape index (κ1) is 19.9. The van der Waals surface area contributed by atoms with Crippen LogP contribution in [-0.4, -0.2) is 51.3 Å². The van der Waals surface area contributed by atoms with Gasteiger partial charge in [-0.2, -0.15) is 0 Å². The van der Waals surface area contributed by atoms with E-state index >= 15 is 0 Å². The molecule has 0 atom stereocenters. The van der Waals surface area contributed by atoms with Crippen LogP contribution in [0.25, 0.3) is 6.08 Å². The maximum atomic E-state index is 12.3. The Balaban J connectivity index is 1.56. The van der Waals surface area contributed by atoms with Gasteiger partial charge in [0.05, 0.1) is 13.7 Å². The minimum atomic E-state index is -0.131. The predicted molar refractivity (Wildman–Crippen MR) is 108 cm³/mol. The number of ether oxygens (including phenoxy) is 4. The maximum Gasteiger partial charge on any atom is 0.246 e. The van der Waals surface area contributed by atoms with Crippen LogP contribution in [0.4, 0.5) is 0 Å². The molecule has 7 heteroatoms. The zero-order valence-corrected chi connectivity index (χ0v) is 16.6. The van der Waals surface area contributed by atoms with Gasteiger partial charge in [-0.15, -0.1) is 0 Å². The van der Waals surface area contributed by atoms with Crippen LogP contribution in [0.1, 0.15) is 5.56 Å². The van der Waals surface area contributed by atoms with Gasteiger partial charge in [-0.05, 0) is 48.0 Å². The van der Waals surface area contributed by atoms with Gasteiger partial charge in [0.2, 0.25) is 11.7 Å². The average molecular weight is 404 g/mol. The predicted octanol–water partition coefficient (Wildman–Crippen LogP) is 3.67. The third kappa shape index (κ3) is 5.10. The molecule has 1 aliphatic rings. The van der Waals surface area contributed by atoms with E-state index in [2.05, 4.69) is 0 Å². The van der Waals surface area contributed by atoms with Gasteiger partial charge in [-0.1, -0.05) is 11.6 Å². The van der Waals surface area contributed by atoms with Gasteiger partial charge in [-0.3, -0.25) is 4.79 Å². The van der Waals surface area contributed by atoms with Gasteiger partial charge in [0.15, 0.2) is 11.5 Å². The van der Waals surface area contributed by atoms with Crippen LogP contribution in [0.3, 0.4) is 0 Å². The number of halogens is 1. The third-order valence-corrected chi connectivity index (χ3v) is 4.41. The number of carbonyl (C=O) groups excluding carboxylic acids is 1. The molecule has 0 fully saturated rings. The largest absolute Gasteiger partial charge is 0.493 e. The molecule has 3 rings (SSSR count). The minimum absolute atomic E-state index is 0.131. The van der Waals surface area contributed by atoms with Gasteiger partial charge >= 0.3 is 0 Å². The number of carbonyl (C=O) groups is 1. The Kier molecular flexibility index (Phi) is 6.66. The Labute approximate surface area is 169 Å². The van der Waals surface area contributed by atoms with Crippen molar-refractivity contribution in [1.29, 1.82) is 0 Å². The van der Waals surface area contributed by atoms with Gasteiger partial charge in [0.25, 0.3) is 0 Å². The van der Waals surface area contributed by atoms with Crippen molar-refractivity contribution in [1.82, 2.24) is 4.90 Å². The molecule has 0 spiro atoms. The van der Waals surface area contributed by atoms with Crippen LogP contribution in [0, 0.1) is 0 Å². The molecule has 1 amide bonds. The molecule has 0 aromatic heterocycles. The number of likely N-dealkylation sites (N-methyl/N-ethyl adjacent to an activating group) is 1. The zero-order chi connectivity index (χ0) is 19.9. The molecule has 0 radical (unpaired) electrons. The summed E-state index contributed by atoms with van der Waals surface area (Å²) in [4.78, 5) is 13.9. The van der Waals surface area contributed by atoms with Crippen LogP contribution in [0.5, 0.6) is 23.0 Å². The first-order valence-electron chi connectivity index (χ1n) is 8.86. The monoisotopic (exact) mass is 403 g/mol. The van der Waals surface area contributed by atoms with E-state index in [0.717, 1.165) is 5.56 Å². The summed E-state index contributed by atoms with van der Waals surface area (Å²) in [6.45, 7) is 1.81. The van der Waals surface area contributed by atoms with Crippen LogP contribution in [0.2, 0.25) is 5.02 Å². The van der Waals surface area contributed by atoms with E-state index in [4.69, 9.17) is 30.5 Å². The number of benzene rings is 2. The fourth-order valence-corrected chi connectivity index (χ4v) is 2.75. The molecule has 0 aliphatic carbocycles. The van der Waals surface area contributed by atoms with Crippen molar-refractivity contribution in [3.05, 3.63) is 53.1 Å². The Morgan fingerprint density at radius 1 is 1.21 bits per heavy atom. The molecule has 0 N–H and O–H groups in total. The molecular weight excluding hydrogens is 382 g/mol. The van der Waals surface area contributed by atoms with Gasteiger partial charge < -0.3 is 23.8 Å². The maximum absolute atomic E-state index is 12.3. The fraction of sp³-hybridized carbons (Fsp3) is 0.286. The normalized spacial score (nSPS) is 12.7. The van der Waals surface area contributed by atoms with Crippen molar-refractivity contribution in [2.75, 3.05) is 40.5 Å². The van der Waals surface area contributed by atoms with Crippen LogP contribution in [0.15, 0.2) is 42.5 Å². The zero-order valence-electron chi connectivity index (χ0n) is 15.8. The molecule has 6 nitrogen and oxygen atoms in total. The van der Waals surface area contributed by atoms with Crippen molar-refractivity contribution in [3.63, 3.8) is 0 Å². The Hall–Kier alpha value is -2.86. The lowest BCUT2D eigenvalue weighted by molar-refractivity contribution is -0.125. The lowest BCUT2D eigenvalue weighted by Gasteiger charge is -2.21. The summed E-state index contributed by atoms with van der Waals surface area (Å²) in [6.07, 6.45) is 3.23. The minimum Gasteiger partial charge on any atom is -0.493 e. The van der Waals surface area contributed by atoms with Crippen molar-refractivity contribution in [2.45, 2.75) is 0 Å². The third-order valence-electron chi connectivity index (χ3n) is 4.15. The van der Waals surface area contributed by atoms with Crippen molar-refractivity contribution < 1.29 is 23.7 Å². The number of fused-ring (bicyclic) bond motifs is 1. The van der Waals surface area contributed by atoms with E-state index < -0.39 is 0 Å². The summed E-state index contributed by atoms with van der Waals surface area (Å²) in [7, 11) is 3.29. The summed E-state index contributed by atoms with van der Waals surface area (Å²) in [5, 5.41) is 0.653. The van der Waals surface area contributed by atoms with E-state index in [1.165, 1.54) is 6.08 Å². The van der Waals surface area contributed by atoms with Crippen molar-refractivity contribution in [3.8, 4) is 23.0 Å². The lowest BCUT2D eigenvalue weighted by Crippen LogP contribution is -2.29.